The van der Waals surface area contributed by atoms with E-state index in [1.165, 1.54) is 0 Å². The van der Waals surface area contributed by atoms with Crippen molar-refractivity contribution < 1.29 is 9.90 Å². The lowest BCUT2D eigenvalue weighted by Crippen LogP contribution is -2.28. The first kappa shape index (κ1) is 7.54. The molecule has 1 saturated heterocycles. The van der Waals surface area contributed by atoms with Crippen LogP contribution >= 0.6 is 0 Å². The zero-order valence-corrected chi connectivity index (χ0v) is 5.92. The van der Waals surface area contributed by atoms with Crippen molar-refractivity contribution in [1.82, 2.24) is 4.90 Å². The van der Waals surface area contributed by atoms with E-state index in [0.717, 1.165) is 0 Å². The number of carbonyl (C=O) groups excluding carboxylic acids is 1. The average Bonchev–Trinajstić information content (AvgIpc) is 2.34. The Kier molecular flexibility index (Phi) is 2.27. The summed E-state index contributed by atoms with van der Waals surface area (Å²) in [5.74, 6) is 0.0385. The van der Waals surface area contributed by atoms with Gasteiger partial charge in [-0.2, -0.15) is 0 Å². The number of β-amino-alcohol motifs (C(OH)–C–C–N with tert-alkyl or cyclic N) is 1. The topological polar surface area (TPSA) is 40.5 Å². The van der Waals surface area contributed by atoms with Crippen LogP contribution in [0.3, 0.4) is 0 Å². The molecular weight excluding hydrogens is 130 g/mol. The van der Waals surface area contributed by atoms with Crippen LogP contribution in [0.4, 0.5) is 0 Å². The number of likely N-dealkylation sites (tertiary alicyclic amines) is 1. The summed E-state index contributed by atoms with van der Waals surface area (Å²) in [4.78, 5) is 12.6. The molecule has 0 aliphatic carbocycles. The molecule has 1 fully saturated rings. The minimum absolute atomic E-state index is 0.0385. The summed E-state index contributed by atoms with van der Waals surface area (Å²) in [7, 11) is 0. The van der Waals surface area contributed by atoms with Crippen LogP contribution in [0.5, 0.6) is 0 Å². The van der Waals surface area contributed by atoms with Gasteiger partial charge in [0.2, 0.25) is 5.91 Å². The van der Waals surface area contributed by atoms with E-state index in [-0.39, 0.29) is 12.0 Å². The SMILES string of the molecule is [CH2]CC(=O)N1CCC(O)C1. The van der Waals surface area contributed by atoms with Gasteiger partial charge in [-0.25, -0.2) is 0 Å². The van der Waals surface area contributed by atoms with E-state index in [1.807, 2.05) is 0 Å². The maximum atomic E-state index is 10.9. The molecule has 0 saturated carbocycles. The second-order valence-electron chi connectivity index (χ2n) is 2.53. The number of aliphatic hydroxyl groups excluding tert-OH is 1. The molecule has 1 N–H and O–H groups in total. The van der Waals surface area contributed by atoms with Gasteiger partial charge in [0.05, 0.1) is 6.10 Å². The second-order valence-corrected chi connectivity index (χ2v) is 2.53. The molecule has 10 heavy (non-hydrogen) atoms. The Morgan fingerprint density at radius 2 is 2.50 bits per heavy atom. The van der Waals surface area contributed by atoms with Gasteiger partial charge in [-0.15, -0.1) is 0 Å². The molecule has 1 unspecified atom stereocenters. The number of nitrogens with zero attached hydrogens (tertiary/aromatic N) is 1. The molecule has 3 heteroatoms. The normalized spacial score (nSPS) is 25.4. The lowest BCUT2D eigenvalue weighted by atomic mass is 10.3. The fourth-order valence-electron chi connectivity index (χ4n) is 1.13. The zero-order chi connectivity index (χ0) is 7.56. The Balaban J connectivity index is 2.37. The van der Waals surface area contributed by atoms with E-state index >= 15 is 0 Å². The summed E-state index contributed by atoms with van der Waals surface area (Å²) < 4.78 is 0. The van der Waals surface area contributed by atoms with Gasteiger partial charge in [-0.1, -0.05) is 0 Å². The van der Waals surface area contributed by atoms with E-state index in [2.05, 4.69) is 6.92 Å². The third kappa shape index (κ3) is 1.48. The van der Waals surface area contributed by atoms with Crippen molar-refractivity contribution in [3.63, 3.8) is 0 Å². The van der Waals surface area contributed by atoms with Crippen molar-refractivity contribution >= 4 is 5.91 Å². The Morgan fingerprint density at radius 1 is 1.80 bits per heavy atom. The highest BCUT2D eigenvalue weighted by atomic mass is 16.3. The van der Waals surface area contributed by atoms with Crippen molar-refractivity contribution in [2.24, 2.45) is 0 Å². The molecule has 0 aromatic rings. The summed E-state index contributed by atoms with van der Waals surface area (Å²) in [5.41, 5.74) is 0. The first-order valence-electron chi connectivity index (χ1n) is 3.49. The van der Waals surface area contributed by atoms with E-state index in [9.17, 15) is 4.79 Å². The number of hydrogen-bond acceptors (Lipinski definition) is 2. The number of hydrogen-bond donors (Lipinski definition) is 1. The van der Waals surface area contributed by atoms with Crippen molar-refractivity contribution in [3.05, 3.63) is 6.92 Å². The summed E-state index contributed by atoms with van der Waals surface area (Å²) in [6, 6.07) is 0. The third-order valence-corrected chi connectivity index (χ3v) is 1.73. The van der Waals surface area contributed by atoms with Gasteiger partial charge in [-0.05, 0) is 13.3 Å². The molecule has 1 amide bonds. The number of rotatable bonds is 1. The van der Waals surface area contributed by atoms with E-state index < -0.39 is 0 Å². The van der Waals surface area contributed by atoms with Crippen molar-refractivity contribution in [1.29, 1.82) is 0 Å². The lowest BCUT2D eigenvalue weighted by Gasteiger charge is -2.13. The molecule has 1 radical (unpaired) electrons. The zero-order valence-electron chi connectivity index (χ0n) is 5.92. The number of carbonyl (C=O) groups is 1. The minimum atomic E-state index is -0.310. The average molecular weight is 142 g/mol. The van der Waals surface area contributed by atoms with Gasteiger partial charge in [0.25, 0.3) is 0 Å². The van der Waals surface area contributed by atoms with Crippen LogP contribution in [0.15, 0.2) is 0 Å². The summed E-state index contributed by atoms with van der Waals surface area (Å²) >= 11 is 0. The highest BCUT2D eigenvalue weighted by Crippen LogP contribution is 2.09. The lowest BCUT2D eigenvalue weighted by molar-refractivity contribution is -0.129. The molecule has 0 spiro atoms. The smallest absolute Gasteiger partial charge is 0.222 e. The summed E-state index contributed by atoms with van der Waals surface area (Å²) in [6.07, 6.45) is 0.703. The fraction of sp³-hybridized carbons (Fsp3) is 0.714. The predicted octanol–water partition coefficient (Wildman–Crippen LogP) is -0.196. The van der Waals surface area contributed by atoms with E-state index in [4.69, 9.17) is 5.11 Å². The molecule has 1 aliphatic rings. The Labute approximate surface area is 60.6 Å². The van der Waals surface area contributed by atoms with Crippen LogP contribution in [0.25, 0.3) is 0 Å². The molecule has 0 aromatic heterocycles. The quantitative estimate of drug-likeness (QED) is 0.551. The van der Waals surface area contributed by atoms with Crippen LogP contribution in [0.1, 0.15) is 12.8 Å². The van der Waals surface area contributed by atoms with Gasteiger partial charge >= 0.3 is 0 Å². The molecule has 1 atom stereocenters. The van der Waals surface area contributed by atoms with Crippen LogP contribution < -0.4 is 0 Å². The van der Waals surface area contributed by atoms with Crippen LogP contribution in [-0.2, 0) is 4.79 Å². The first-order chi connectivity index (χ1) is 4.74. The molecule has 1 aliphatic heterocycles. The van der Waals surface area contributed by atoms with Crippen molar-refractivity contribution in [3.8, 4) is 0 Å². The van der Waals surface area contributed by atoms with Crippen molar-refractivity contribution in [2.45, 2.75) is 18.9 Å². The number of aliphatic hydroxyl groups is 1. The molecule has 0 aromatic carbocycles. The standard InChI is InChI=1S/C7H12NO2/c1-2-7(10)8-4-3-6(9)5-8/h6,9H,1-5H2. The van der Waals surface area contributed by atoms with Gasteiger partial charge in [0.1, 0.15) is 0 Å². The fourth-order valence-corrected chi connectivity index (χ4v) is 1.13. The maximum absolute atomic E-state index is 10.9. The molecule has 1 heterocycles. The molecule has 1 rings (SSSR count). The van der Waals surface area contributed by atoms with Gasteiger partial charge in [0.15, 0.2) is 0 Å². The van der Waals surface area contributed by atoms with Crippen LogP contribution in [0.2, 0.25) is 0 Å². The second kappa shape index (κ2) is 3.01. The number of amides is 1. The minimum Gasteiger partial charge on any atom is -0.391 e. The Morgan fingerprint density at radius 3 is 2.90 bits per heavy atom. The molecular formula is C7H12NO2. The third-order valence-electron chi connectivity index (χ3n) is 1.73. The molecule has 57 valence electrons. The highest BCUT2D eigenvalue weighted by molar-refractivity contribution is 5.76. The van der Waals surface area contributed by atoms with E-state index in [0.29, 0.717) is 25.9 Å². The van der Waals surface area contributed by atoms with Crippen molar-refractivity contribution in [2.75, 3.05) is 13.1 Å². The molecule has 3 nitrogen and oxygen atoms in total. The van der Waals surface area contributed by atoms with Gasteiger partial charge < -0.3 is 10.0 Å². The van der Waals surface area contributed by atoms with Gasteiger partial charge in [0, 0.05) is 19.5 Å². The van der Waals surface area contributed by atoms with Gasteiger partial charge in [-0.3, -0.25) is 4.79 Å². The van der Waals surface area contributed by atoms with Crippen LogP contribution in [-0.4, -0.2) is 35.1 Å². The Bertz CT molecular complexity index is 136. The summed E-state index contributed by atoms with van der Waals surface area (Å²) in [5, 5.41) is 9.03. The largest absolute Gasteiger partial charge is 0.391 e. The van der Waals surface area contributed by atoms with E-state index in [1.54, 1.807) is 4.90 Å². The highest BCUT2D eigenvalue weighted by Gasteiger charge is 2.22. The molecule has 0 bridgehead atoms. The Hall–Kier alpha value is -0.570. The first-order valence-corrected chi connectivity index (χ1v) is 3.49. The van der Waals surface area contributed by atoms with Crippen LogP contribution in [0, 0.1) is 6.92 Å². The summed E-state index contributed by atoms with van der Waals surface area (Å²) in [6.45, 7) is 4.67. The monoisotopic (exact) mass is 142 g/mol. The predicted molar refractivity (Wildman–Crippen MR) is 37.2 cm³/mol. The maximum Gasteiger partial charge on any atom is 0.222 e.